The predicted octanol–water partition coefficient (Wildman–Crippen LogP) is 6.37. The molecule has 0 saturated carbocycles. The Morgan fingerprint density at radius 1 is 1.25 bits per heavy atom. The molecule has 170 valence electrons. The second-order valence-corrected chi connectivity index (χ2v) is 9.60. The molecule has 0 radical (unpaired) electrons. The maximum atomic E-state index is 14.8. The Bertz CT molecular complexity index is 1060. The van der Waals surface area contributed by atoms with Crippen molar-refractivity contribution in [3.8, 4) is 5.75 Å². The molecule has 4 rings (SSSR count). The van der Waals surface area contributed by atoms with Gasteiger partial charge in [0.1, 0.15) is 23.3 Å². The minimum atomic E-state index is -1.34. The molecule has 0 aliphatic carbocycles. The van der Waals surface area contributed by atoms with Crippen molar-refractivity contribution < 1.29 is 23.4 Å². The summed E-state index contributed by atoms with van der Waals surface area (Å²) in [6.07, 6.45) is 1.82. The molecule has 1 amide bonds. The largest absolute Gasteiger partial charge is 0.458 e. The second-order valence-electron chi connectivity index (χ2n) is 9.16. The van der Waals surface area contributed by atoms with Gasteiger partial charge in [-0.1, -0.05) is 35.9 Å². The number of carbonyl (C=O) groups excluding carboxylic acids is 1. The van der Waals surface area contributed by atoms with E-state index in [9.17, 15) is 9.18 Å². The molecular weight excluding hydrogens is 433 g/mol. The topological polar surface area (TPSA) is 48.0 Å². The molecule has 2 aliphatic rings. The standard InChI is InChI=1S/C25H27ClFNO4/c1-24(2,3)32-23(29)28-13-11-16(12-14-28)22-18-7-5-6-8-21(18)30-25(4,31-22)19-10-9-17(26)15-20(19)27/h5-11,15,22H,12-14H2,1-4H3. The minimum Gasteiger partial charge on any atom is -0.458 e. The number of para-hydroxylation sites is 1. The number of hydrogen-bond donors (Lipinski definition) is 0. The fraction of sp³-hybridized carbons (Fsp3) is 0.400. The van der Waals surface area contributed by atoms with Crippen LogP contribution in [0, 0.1) is 5.82 Å². The average Bonchev–Trinajstić information content (AvgIpc) is 2.72. The van der Waals surface area contributed by atoms with Crippen LogP contribution in [-0.2, 0) is 15.3 Å². The van der Waals surface area contributed by atoms with Gasteiger partial charge in [-0.05, 0) is 57.0 Å². The lowest BCUT2D eigenvalue weighted by Crippen LogP contribution is -2.42. The molecule has 2 heterocycles. The zero-order valence-electron chi connectivity index (χ0n) is 18.7. The third kappa shape index (κ3) is 4.62. The fourth-order valence-corrected chi connectivity index (χ4v) is 4.14. The third-order valence-corrected chi connectivity index (χ3v) is 5.74. The number of rotatable bonds is 2. The van der Waals surface area contributed by atoms with Crippen LogP contribution in [0.3, 0.4) is 0 Å². The molecule has 2 aromatic rings. The number of amides is 1. The second kappa shape index (κ2) is 8.41. The van der Waals surface area contributed by atoms with E-state index in [4.69, 9.17) is 25.8 Å². The van der Waals surface area contributed by atoms with Gasteiger partial charge in [0.05, 0.1) is 5.56 Å². The van der Waals surface area contributed by atoms with Crippen LogP contribution in [0.5, 0.6) is 5.75 Å². The van der Waals surface area contributed by atoms with E-state index in [2.05, 4.69) is 0 Å². The van der Waals surface area contributed by atoms with Crippen molar-refractivity contribution >= 4 is 17.7 Å². The van der Waals surface area contributed by atoms with Crippen LogP contribution < -0.4 is 4.74 Å². The summed E-state index contributed by atoms with van der Waals surface area (Å²) >= 11 is 5.94. The van der Waals surface area contributed by atoms with Crippen molar-refractivity contribution in [1.29, 1.82) is 0 Å². The Balaban J connectivity index is 1.63. The van der Waals surface area contributed by atoms with Crippen molar-refractivity contribution in [3.63, 3.8) is 0 Å². The van der Waals surface area contributed by atoms with Gasteiger partial charge in [0, 0.05) is 30.6 Å². The summed E-state index contributed by atoms with van der Waals surface area (Å²) in [5.41, 5.74) is 1.61. The minimum absolute atomic E-state index is 0.271. The Morgan fingerprint density at radius 3 is 2.66 bits per heavy atom. The predicted molar refractivity (Wildman–Crippen MR) is 120 cm³/mol. The quantitative estimate of drug-likeness (QED) is 0.489. The Kier molecular flexibility index (Phi) is 5.94. The smallest absolute Gasteiger partial charge is 0.410 e. The summed E-state index contributed by atoms with van der Waals surface area (Å²) in [6.45, 7) is 8.17. The van der Waals surface area contributed by atoms with Crippen molar-refractivity contribution in [2.24, 2.45) is 0 Å². The molecule has 0 bridgehead atoms. The van der Waals surface area contributed by atoms with Crippen LogP contribution >= 0.6 is 11.6 Å². The van der Waals surface area contributed by atoms with E-state index in [0.717, 1.165) is 11.1 Å². The highest BCUT2D eigenvalue weighted by molar-refractivity contribution is 6.30. The number of carbonyl (C=O) groups is 1. The molecule has 0 fully saturated rings. The first kappa shape index (κ1) is 22.6. The molecule has 2 aliphatic heterocycles. The van der Waals surface area contributed by atoms with Crippen molar-refractivity contribution in [2.45, 2.75) is 51.6 Å². The lowest BCUT2D eigenvalue weighted by atomic mass is 9.93. The van der Waals surface area contributed by atoms with E-state index >= 15 is 0 Å². The SMILES string of the molecule is CC(C)(C)OC(=O)N1CC=C(C2OC(C)(c3ccc(Cl)cc3F)Oc3ccccc32)CC1. The summed E-state index contributed by atoms with van der Waals surface area (Å²) in [7, 11) is 0. The normalized spacial score (nSPS) is 23.1. The van der Waals surface area contributed by atoms with E-state index in [1.807, 2.05) is 51.1 Å². The Hall–Kier alpha value is -2.57. The van der Waals surface area contributed by atoms with E-state index in [0.29, 0.717) is 30.3 Å². The van der Waals surface area contributed by atoms with E-state index in [1.54, 1.807) is 24.0 Å². The molecule has 0 N–H and O–H groups in total. The van der Waals surface area contributed by atoms with Gasteiger partial charge in [0.15, 0.2) is 0 Å². The lowest BCUT2D eigenvalue weighted by molar-refractivity contribution is -0.220. The number of nitrogens with zero attached hydrogens (tertiary/aromatic N) is 1. The highest BCUT2D eigenvalue weighted by Crippen LogP contribution is 2.47. The van der Waals surface area contributed by atoms with Crippen LogP contribution in [0.25, 0.3) is 0 Å². The van der Waals surface area contributed by atoms with Crippen molar-refractivity contribution in [1.82, 2.24) is 4.90 Å². The van der Waals surface area contributed by atoms with Crippen molar-refractivity contribution in [2.75, 3.05) is 13.1 Å². The Morgan fingerprint density at radius 2 is 2.00 bits per heavy atom. The average molecular weight is 460 g/mol. The van der Waals surface area contributed by atoms with Gasteiger partial charge in [-0.15, -0.1) is 0 Å². The van der Waals surface area contributed by atoms with E-state index < -0.39 is 23.3 Å². The Labute approximate surface area is 192 Å². The number of benzene rings is 2. The molecule has 2 atom stereocenters. The monoisotopic (exact) mass is 459 g/mol. The van der Waals surface area contributed by atoms with Gasteiger partial charge < -0.3 is 19.1 Å². The lowest BCUT2D eigenvalue weighted by Gasteiger charge is -2.42. The highest BCUT2D eigenvalue weighted by atomic mass is 35.5. The summed E-state index contributed by atoms with van der Waals surface area (Å²) in [5.74, 6) is -1.19. The zero-order valence-corrected chi connectivity index (χ0v) is 19.4. The summed E-state index contributed by atoms with van der Waals surface area (Å²) in [6, 6.07) is 12.0. The molecule has 2 unspecified atom stereocenters. The molecule has 0 aromatic heterocycles. The van der Waals surface area contributed by atoms with Gasteiger partial charge in [0.2, 0.25) is 5.79 Å². The molecule has 0 saturated heterocycles. The summed E-state index contributed by atoms with van der Waals surface area (Å²) in [4.78, 5) is 14.1. The molecule has 7 heteroatoms. The molecule has 32 heavy (non-hydrogen) atoms. The summed E-state index contributed by atoms with van der Waals surface area (Å²) < 4.78 is 32.8. The number of ether oxygens (including phenoxy) is 3. The van der Waals surface area contributed by atoms with E-state index in [1.165, 1.54) is 6.07 Å². The highest BCUT2D eigenvalue weighted by Gasteiger charge is 2.43. The summed E-state index contributed by atoms with van der Waals surface area (Å²) in [5, 5.41) is 0.305. The first-order valence-corrected chi connectivity index (χ1v) is 11.0. The van der Waals surface area contributed by atoms with Crippen LogP contribution in [-0.4, -0.2) is 29.7 Å². The van der Waals surface area contributed by atoms with Gasteiger partial charge >= 0.3 is 6.09 Å². The maximum Gasteiger partial charge on any atom is 0.410 e. The maximum absolute atomic E-state index is 14.8. The molecule has 2 aromatic carbocycles. The van der Waals surface area contributed by atoms with Gasteiger partial charge in [-0.3, -0.25) is 0 Å². The van der Waals surface area contributed by atoms with Crippen LogP contribution in [0.1, 0.15) is 51.3 Å². The third-order valence-electron chi connectivity index (χ3n) is 5.50. The zero-order chi connectivity index (χ0) is 23.1. The first-order valence-electron chi connectivity index (χ1n) is 10.6. The first-order chi connectivity index (χ1) is 15.1. The van der Waals surface area contributed by atoms with Crippen LogP contribution in [0.2, 0.25) is 5.02 Å². The fourth-order valence-electron chi connectivity index (χ4n) is 3.98. The van der Waals surface area contributed by atoms with Gasteiger partial charge in [0.25, 0.3) is 0 Å². The van der Waals surface area contributed by atoms with Gasteiger partial charge in [-0.25, -0.2) is 9.18 Å². The number of fused-ring (bicyclic) bond motifs is 1. The molecule has 5 nitrogen and oxygen atoms in total. The molecular formula is C25H27ClFNO4. The number of hydrogen-bond acceptors (Lipinski definition) is 4. The van der Waals surface area contributed by atoms with Crippen LogP contribution in [0.4, 0.5) is 9.18 Å². The van der Waals surface area contributed by atoms with Gasteiger partial charge in [-0.2, -0.15) is 0 Å². The van der Waals surface area contributed by atoms with Crippen LogP contribution in [0.15, 0.2) is 54.1 Å². The molecule has 0 spiro atoms. The van der Waals surface area contributed by atoms with E-state index in [-0.39, 0.29) is 11.7 Å². The van der Waals surface area contributed by atoms with Crippen molar-refractivity contribution in [3.05, 3.63) is 76.1 Å². The number of halogens is 2.